The minimum Gasteiger partial charge on any atom is -0.481 e. The number of nitrogens with one attached hydrogen (secondary N) is 1. The molecule has 5 aliphatic carbocycles. The van der Waals surface area contributed by atoms with E-state index in [1.807, 2.05) is 6.20 Å². The van der Waals surface area contributed by atoms with Crippen molar-refractivity contribution in [3.63, 3.8) is 0 Å². The molecule has 4 fully saturated rings. The Kier molecular flexibility index (Phi) is 5.87. The molecule has 6 heteroatoms. The van der Waals surface area contributed by atoms with Crippen molar-refractivity contribution in [2.75, 3.05) is 6.61 Å². The van der Waals surface area contributed by atoms with E-state index >= 15 is 0 Å². The SMILES string of the molecule is C=C(C)[C@@H]1CC[C@]2(C(=O)O)CC[C@]3(C)[C@H](CC[C@@H]4[C@@]5(C)Cc6cn[nH]c6[C@@](C)(COC(C)=O)[C@@H]5CC[C@]43C)[C@@H]12. The van der Waals surface area contributed by atoms with Gasteiger partial charge in [-0.25, -0.2) is 0 Å². The molecule has 0 spiro atoms. The highest BCUT2D eigenvalue weighted by atomic mass is 16.5. The largest absolute Gasteiger partial charge is 0.481 e. The number of carboxylic acid groups (broad SMARTS) is 1. The number of hydrogen-bond acceptors (Lipinski definition) is 4. The fourth-order valence-electron chi connectivity index (χ4n) is 12.1. The lowest BCUT2D eigenvalue weighted by Crippen LogP contribution is -2.67. The monoisotopic (exact) mass is 536 g/mol. The number of esters is 1. The van der Waals surface area contributed by atoms with Gasteiger partial charge < -0.3 is 9.84 Å². The molecule has 39 heavy (non-hydrogen) atoms. The van der Waals surface area contributed by atoms with Gasteiger partial charge in [-0.2, -0.15) is 5.10 Å². The number of hydrogen-bond donors (Lipinski definition) is 2. The maximum absolute atomic E-state index is 12.9. The first kappa shape index (κ1) is 27.1. The highest BCUT2D eigenvalue weighted by Crippen LogP contribution is 2.77. The topological polar surface area (TPSA) is 92.3 Å². The fourth-order valence-corrected chi connectivity index (χ4v) is 12.1. The van der Waals surface area contributed by atoms with Crippen molar-refractivity contribution in [3.05, 3.63) is 29.6 Å². The second-order valence-electron chi connectivity index (χ2n) is 15.3. The van der Waals surface area contributed by atoms with Crippen LogP contribution in [-0.4, -0.2) is 33.8 Å². The number of aromatic amines is 1. The molecule has 214 valence electrons. The summed E-state index contributed by atoms with van der Waals surface area (Å²) in [6.45, 7) is 18.3. The average molecular weight is 537 g/mol. The Labute approximate surface area is 233 Å². The summed E-state index contributed by atoms with van der Waals surface area (Å²) < 4.78 is 5.74. The predicted molar refractivity (Wildman–Crippen MR) is 150 cm³/mol. The van der Waals surface area contributed by atoms with Crippen molar-refractivity contribution in [1.82, 2.24) is 10.2 Å². The first-order valence-electron chi connectivity index (χ1n) is 15.3. The van der Waals surface area contributed by atoms with E-state index in [-0.39, 0.29) is 33.5 Å². The number of carbonyl (C=O) groups excluding carboxylic acids is 1. The van der Waals surface area contributed by atoms with Crippen LogP contribution in [-0.2, 0) is 26.2 Å². The Bertz CT molecular complexity index is 1220. The molecule has 0 saturated heterocycles. The van der Waals surface area contributed by atoms with Crippen LogP contribution in [0.25, 0.3) is 0 Å². The number of allylic oxidation sites excluding steroid dienone is 1. The van der Waals surface area contributed by atoms with Gasteiger partial charge in [0.1, 0.15) is 6.61 Å². The molecule has 0 bridgehead atoms. The zero-order valence-corrected chi connectivity index (χ0v) is 24.9. The van der Waals surface area contributed by atoms with Gasteiger partial charge in [0, 0.05) is 18.0 Å². The Morgan fingerprint density at radius 3 is 2.44 bits per heavy atom. The highest BCUT2D eigenvalue weighted by molar-refractivity contribution is 5.76. The lowest BCUT2D eigenvalue weighted by Gasteiger charge is -2.72. The summed E-state index contributed by atoms with van der Waals surface area (Å²) in [4.78, 5) is 24.8. The molecule has 1 heterocycles. The van der Waals surface area contributed by atoms with E-state index in [2.05, 4.69) is 51.4 Å². The van der Waals surface area contributed by atoms with Gasteiger partial charge in [-0.1, -0.05) is 39.8 Å². The third kappa shape index (κ3) is 3.29. The molecule has 0 radical (unpaired) electrons. The number of carbonyl (C=O) groups is 2. The van der Waals surface area contributed by atoms with Gasteiger partial charge in [0.25, 0.3) is 0 Å². The molecule has 0 unspecified atom stereocenters. The minimum atomic E-state index is -0.586. The standard InChI is InChI=1S/C33H48N2O4/c1-19(2)22-10-13-33(28(37)38)15-14-31(6)23(26(22)33)8-9-25-29(4)16-21-17-34-35-27(21)30(5,18-39-20(3)36)24(29)11-12-32(25,31)7/h17,22-26H,1,8-16,18H2,2-7H3,(H,34,35)(H,37,38)/t22-,23+,24+,25+,26+,29-,30-,31+,32+,33-/m0/s1. The molecule has 1 aromatic rings. The molecule has 1 aromatic heterocycles. The molecule has 4 saturated carbocycles. The molecule has 10 atom stereocenters. The van der Waals surface area contributed by atoms with Crippen LogP contribution < -0.4 is 0 Å². The van der Waals surface area contributed by atoms with Crippen LogP contribution in [0.4, 0.5) is 0 Å². The average Bonchev–Trinajstić information content (AvgIpc) is 3.49. The van der Waals surface area contributed by atoms with Crippen molar-refractivity contribution in [1.29, 1.82) is 0 Å². The first-order chi connectivity index (χ1) is 18.2. The van der Waals surface area contributed by atoms with Crippen LogP contribution in [0.3, 0.4) is 0 Å². The van der Waals surface area contributed by atoms with Crippen LogP contribution in [0, 0.1) is 51.2 Å². The smallest absolute Gasteiger partial charge is 0.309 e. The molecule has 5 aliphatic rings. The predicted octanol–water partition coefficient (Wildman–Crippen LogP) is 6.71. The number of aliphatic carboxylic acids is 1. The van der Waals surface area contributed by atoms with Crippen molar-refractivity contribution < 1.29 is 19.4 Å². The molecule has 0 aromatic carbocycles. The van der Waals surface area contributed by atoms with Gasteiger partial charge in [0.15, 0.2) is 0 Å². The van der Waals surface area contributed by atoms with E-state index in [4.69, 9.17) is 4.74 Å². The Morgan fingerprint density at radius 1 is 1.03 bits per heavy atom. The van der Waals surface area contributed by atoms with Gasteiger partial charge in [0.2, 0.25) is 0 Å². The van der Waals surface area contributed by atoms with Gasteiger partial charge in [-0.15, -0.1) is 0 Å². The van der Waals surface area contributed by atoms with Crippen molar-refractivity contribution in [2.24, 2.45) is 51.2 Å². The Morgan fingerprint density at radius 2 is 1.77 bits per heavy atom. The number of H-pyrrole nitrogens is 1. The summed E-state index contributed by atoms with van der Waals surface area (Å²) in [6, 6.07) is 0. The van der Waals surface area contributed by atoms with E-state index < -0.39 is 11.4 Å². The fraction of sp³-hybridized carbons (Fsp3) is 0.788. The van der Waals surface area contributed by atoms with Crippen molar-refractivity contribution in [3.8, 4) is 0 Å². The van der Waals surface area contributed by atoms with E-state index in [9.17, 15) is 14.7 Å². The minimum absolute atomic E-state index is 0.0531. The zero-order valence-electron chi connectivity index (χ0n) is 24.9. The number of rotatable bonds is 4. The number of aromatic nitrogens is 2. The van der Waals surface area contributed by atoms with Gasteiger partial charge in [-0.05, 0) is 116 Å². The van der Waals surface area contributed by atoms with Gasteiger partial charge >= 0.3 is 11.9 Å². The molecule has 6 rings (SSSR count). The van der Waals surface area contributed by atoms with Crippen LogP contribution in [0.2, 0.25) is 0 Å². The van der Waals surface area contributed by atoms with Crippen molar-refractivity contribution in [2.45, 2.75) is 105 Å². The lowest BCUT2D eigenvalue weighted by atomic mass is 9.32. The summed E-state index contributed by atoms with van der Waals surface area (Å²) in [5.41, 5.74) is 2.98. The highest BCUT2D eigenvalue weighted by Gasteiger charge is 2.72. The zero-order chi connectivity index (χ0) is 28.2. The maximum atomic E-state index is 12.9. The van der Waals surface area contributed by atoms with Gasteiger partial charge in [-0.3, -0.25) is 14.7 Å². The normalized spacial score (nSPS) is 48.1. The summed E-state index contributed by atoms with van der Waals surface area (Å²) in [5, 5.41) is 18.4. The summed E-state index contributed by atoms with van der Waals surface area (Å²) in [7, 11) is 0. The van der Waals surface area contributed by atoms with Crippen LogP contribution >= 0.6 is 0 Å². The van der Waals surface area contributed by atoms with Crippen LogP contribution in [0.5, 0.6) is 0 Å². The summed E-state index contributed by atoms with van der Waals surface area (Å²) in [5.74, 6) is 1.02. The molecular formula is C33H48N2O4. The second kappa shape index (κ2) is 8.45. The number of nitrogens with zero attached hydrogens (tertiary/aromatic N) is 1. The maximum Gasteiger partial charge on any atom is 0.309 e. The van der Waals surface area contributed by atoms with Crippen molar-refractivity contribution >= 4 is 11.9 Å². The molecule has 6 nitrogen and oxygen atoms in total. The lowest BCUT2D eigenvalue weighted by molar-refractivity contribution is -0.230. The molecule has 0 amide bonds. The second-order valence-corrected chi connectivity index (χ2v) is 15.3. The van der Waals surface area contributed by atoms with E-state index in [1.54, 1.807) is 0 Å². The van der Waals surface area contributed by atoms with Crippen LogP contribution in [0.1, 0.15) is 104 Å². The van der Waals surface area contributed by atoms with Gasteiger partial charge in [0.05, 0.1) is 11.6 Å². The van der Waals surface area contributed by atoms with E-state index in [0.29, 0.717) is 30.3 Å². The Hall–Kier alpha value is -2.11. The Balaban J connectivity index is 1.42. The van der Waals surface area contributed by atoms with Crippen LogP contribution in [0.15, 0.2) is 18.3 Å². The molecular weight excluding hydrogens is 488 g/mol. The van der Waals surface area contributed by atoms with E-state index in [1.165, 1.54) is 18.1 Å². The summed E-state index contributed by atoms with van der Waals surface area (Å²) >= 11 is 0. The third-order valence-electron chi connectivity index (χ3n) is 14.0. The molecule has 2 N–H and O–H groups in total. The third-order valence-corrected chi connectivity index (χ3v) is 14.0. The molecule has 0 aliphatic heterocycles. The number of fused-ring (bicyclic) bond motifs is 8. The number of ether oxygens (including phenoxy) is 1. The summed E-state index contributed by atoms with van der Waals surface area (Å²) in [6.07, 6.45) is 11.0. The quantitative estimate of drug-likeness (QED) is 0.330. The number of carboxylic acids is 1. The first-order valence-corrected chi connectivity index (χ1v) is 15.3. The van der Waals surface area contributed by atoms with E-state index in [0.717, 1.165) is 63.5 Å².